The van der Waals surface area contributed by atoms with Gasteiger partial charge in [0.25, 0.3) is 0 Å². The Balaban J connectivity index is 1.59. The van der Waals surface area contributed by atoms with Crippen molar-refractivity contribution < 1.29 is 14.3 Å². The number of ether oxygens (including phenoxy) is 2. The van der Waals surface area contributed by atoms with Gasteiger partial charge >= 0.3 is 5.97 Å². The molecule has 0 amide bonds. The fourth-order valence-electron chi connectivity index (χ4n) is 3.34. The molecule has 29 heavy (non-hydrogen) atoms. The molecule has 154 valence electrons. The third kappa shape index (κ3) is 4.96. The number of rotatable bonds is 5. The first-order valence-corrected chi connectivity index (χ1v) is 9.53. The SMILES string of the molecule is CN=C(NCc1ccc(OC)c(C(=O)OC)c1)N1CCN(c2ccccn2)CC1. The molecule has 0 saturated carbocycles. The molecule has 0 radical (unpaired) electrons. The highest BCUT2D eigenvalue weighted by Crippen LogP contribution is 2.21. The molecule has 0 unspecified atom stereocenters. The molecular formula is C21H27N5O3. The third-order valence-electron chi connectivity index (χ3n) is 4.88. The van der Waals surface area contributed by atoms with E-state index in [-0.39, 0.29) is 0 Å². The van der Waals surface area contributed by atoms with Gasteiger partial charge in [-0.2, -0.15) is 0 Å². The summed E-state index contributed by atoms with van der Waals surface area (Å²) in [6, 6.07) is 11.4. The summed E-state index contributed by atoms with van der Waals surface area (Å²) in [5.41, 5.74) is 1.35. The molecule has 1 N–H and O–H groups in total. The van der Waals surface area contributed by atoms with Crippen LogP contribution >= 0.6 is 0 Å². The zero-order valence-electron chi connectivity index (χ0n) is 17.1. The van der Waals surface area contributed by atoms with E-state index in [1.165, 1.54) is 14.2 Å². The second-order valence-corrected chi connectivity index (χ2v) is 6.59. The Morgan fingerprint density at radius 1 is 1.17 bits per heavy atom. The van der Waals surface area contributed by atoms with E-state index in [1.54, 1.807) is 19.2 Å². The lowest BCUT2D eigenvalue weighted by Crippen LogP contribution is -2.52. The van der Waals surface area contributed by atoms with Gasteiger partial charge in [-0.25, -0.2) is 9.78 Å². The predicted molar refractivity (Wildman–Crippen MR) is 113 cm³/mol. The Morgan fingerprint density at radius 3 is 2.59 bits per heavy atom. The average molecular weight is 397 g/mol. The fraction of sp³-hybridized carbons (Fsp3) is 0.381. The monoisotopic (exact) mass is 397 g/mol. The molecule has 1 aromatic heterocycles. The minimum Gasteiger partial charge on any atom is -0.496 e. The molecule has 1 fully saturated rings. The van der Waals surface area contributed by atoms with Crippen LogP contribution in [0.3, 0.4) is 0 Å². The Kier molecular flexibility index (Phi) is 6.89. The summed E-state index contributed by atoms with van der Waals surface area (Å²) in [6.07, 6.45) is 1.82. The van der Waals surface area contributed by atoms with E-state index in [9.17, 15) is 4.79 Å². The molecule has 2 aromatic rings. The molecule has 1 aliphatic heterocycles. The quantitative estimate of drug-likeness (QED) is 0.468. The van der Waals surface area contributed by atoms with Gasteiger partial charge < -0.3 is 24.6 Å². The summed E-state index contributed by atoms with van der Waals surface area (Å²) in [6.45, 7) is 4.01. The van der Waals surface area contributed by atoms with E-state index in [1.807, 2.05) is 30.5 Å². The number of piperazine rings is 1. The first-order chi connectivity index (χ1) is 14.2. The molecule has 0 spiro atoms. The highest BCUT2D eigenvalue weighted by Gasteiger charge is 2.20. The van der Waals surface area contributed by atoms with E-state index >= 15 is 0 Å². The van der Waals surface area contributed by atoms with Crippen molar-refractivity contribution in [3.63, 3.8) is 0 Å². The van der Waals surface area contributed by atoms with Crippen molar-refractivity contribution in [1.82, 2.24) is 15.2 Å². The fourth-order valence-corrected chi connectivity index (χ4v) is 3.34. The van der Waals surface area contributed by atoms with Crippen molar-refractivity contribution >= 4 is 17.7 Å². The Labute approximate surface area is 171 Å². The maximum atomic E-state index is 12.0. The summed E-state index contributed by atoms with van der Waals surface area (Å²) in [7, 11) is 4.67. The van der Waals surface area contributed by atoms with Crippen LogP contribution in [0.2, 0.25) is 0 Å². The zero-order valence-corrected chi connectivity index (χ0v) is 17.1. The highest BCUT2D eigenvalue weighted by molar-refractivity contribution is 5.92. The number of carbonyl (C=O) groups is 1. The zero-order chi connectivity index (χ0) is 20.6. The van der Waals surface area contributed by atoms with Crippen molar-refractivity contribution in [2.45, 2.75) is 6.54 Å². The summed E-state index contributed by atoms with van der Waals surface area (Å²) < 4.78 is 10.1. The Morgan fingerprint density at radius 2 is 1.97 bits per heavy atom. The number of hydrogen-bond donors (Lipinski definition) is 1. The number of guanidine groups is 1. The summed E-state index contributed by atoms with van der Waals surface area (Å²) in [5, 5.41) is 3.38. The van der Waals surface area contributed by atoms with Crippen LogP contribution in [0.25, 0.3) is 0 Å². The van der Waals surface area contributed by atoms with Crippen molar-refractivity contribution in [2.24, 2.45) is 4.99 Å². The minimum atomic E-state index is -0.418. The van der Waals surface area contributed by atoms with Crippen molar-refractivity contribution in [3.8, 4) is 5.75 Å². The smallest absolute Gasteiger partial charge is 0.341 e. The van der Waals surface area contributed by atoms with Crippen LogP contribution in [0.1, 0.15) is 15.9 Å². The van der Waals surface area contributed by atoms with Crippen LogP contribution in [0, 0.1) is 0 Å². The maximum Gasteiger partial charge on any atom is 0.341 e. The van der Waals surface area contributed by atoms with Crippen LogP contribution in [0.4, 0.5) is 5.82 Å². The van der Waals surface area contributed by atoms with Crippen LogP contribution in [0.15, 0.2) is 47.6 Å². The number of hydrogen-bond acceptors (Lipinski definition) is 6. The van der Waals surface area contributed by atoms with Crippen LogP contribution in [-0.2, 0) is 11.3 Å². The molecule has 0 atom stereocenters. The van der Waals surface area contributed by atoms with Gasteiger partial charge in [0.1, 0.15) is 17.1 Å². The summed E-state index contributed by atoms with van der Waals surface area (Å²) in [4.78, 5) is 25.3. The summed E-state index contributed by atoms with van der Waals surface area (Å²) in [5.74, 6) is 1.92. The Hall–Kier alpha value is -3.29. The van der Waals surface area contributed by atoms with E-state index in [0.717, 1.165) is 43.5 Å². The van der Waals surface area contributed by atoms with Gasteiger partial charge in [0.15, 0.2) is 5.96 Å². The molecule has 3 rings (SSSR count). The number of aliphatic imine (C=N–C) groups is 1. The second-order valence-electron chi connectivity index (χ2n) is 6.59. The number of nitrogens with one attached hydrogen (secondary N) is 1. The van der Waals surface area contributed by atoms with E-state index in [2.05, 4.69) is 25.1 Å². The average Bonchev–Trinajstić information content (AvgIpc) is 2.79. The van der Waals surface area contributed by atoms with Gasteiger partial charge in [-0.1, -0.05) is 12.1 Å². The maximum absolute atomic E-state index is 12.0. The molecular weight excluding hydrogens is 370 g/mol. The van der Waals surface area contributed by atoms with Gasteiger partial charge in [0, 0.05) is 46.0 Å². The lowest BCUT2D eigenvalue weighted by molar-refractivity contribution is 0.0597. The highest BCUT2D eigenvalue weighted by atomic mass is 16.5. The van der Waals surface area contributed by atoms with Gasteiger partial charge in [0.2, 0.25) is 0 Å². The van der Waals surface area contributed by atoms with Gasteiger partial charge in [-0.15, -0.1) is 0 Å². The first-order valence-electron chi connectivity index (χ1n) is 9.53. The molecule has 1 aliphatic rings. The molecule has 8 nitrogen and oxygen atoms in total. The lowest BCUT2D eigenvalue weighted by Gasteiger charge is -2.37. The number of aromatic nitrogens is 1. The predicted octanol–water partition coefficient (Wildman–Crippen LogP) is 1.77. The number of pyridine rings is 1. The van der Waals surface area contributed by atoms with Crippen molar-refractivity contribution in [1.29, 1.82) is 0 Å². The standard InChI is InChI=1S/C21H27N5O3/c1-22-21(26-12-10-25(11-13-26)19-6-4-5-9-23-19)24-15-16-7-8-18(28-2)17(14-16)20(27)29-3/h4-9,14H,10-13,15H2,1-3H3,(H,22,24). The number of esters is 1. The van der Waals surface area contributed by atoms with Gasteiger partial charge in [0.05, 0.1) is 14.2 Å². The van der Waals surface area contributed by atoms with Crippen molar-refractivity contribution in [3.05, 3.63) is 53.7 Å². The van der Waals surface area contributed by atoms with E-state index < -0.39 is 5.97 Å². The second kappa shape index (κ2) is 9.77. The van der Waals surface area contributed by atoms with Crippen LogP contribution in [-0.4, -0.2) is 69.3 Å². The number of nitrogens with zero attached hydrogens (tertiary/aromatic N) is 4. The van der Waals surface area contributed by atoms with E-state index in [4.69, 9.17) is 9.47 Å². The van der Waals surface area contributed by atoms with Crippen molar-refractivity contribution in [2.75, 3.05) is 52.3 Å². The molecule has 2 heterocycles. The molecule has 0 bridgehead atoms. The van der Waals surface area contributed by atoms with E-state index in [0.29, 0.717) is 17.9 Å². The molecule has 1 saturated heterocycles. The molecule has 0 aliphatic carbocycles. The molecule has 8 heteroatoms. The number of methoxy groups -OCH3 is 2. The topological polar surface area (TPSA) is 79.3 Å². The number of carbonyl (C=O) groups excluding carboxylic acids is 1. The summed E-state index contributed by atoms with van der Waals surface area (Å²) >= 11 is 0. The van der Waals surface area contributed by atoms with Crippen LogP contribution < -0.4 is 15.0 Å². The van der Waals surface area contributed by atoms with Crippen LogP contribution in [0.5, 0.6) is 5.75 Å². The van der Waals surface area contributed by atoms with Gasteiger partial charge in [-0.3, -0.25) is 4.99 Å². The Bertz CT molecular complexity index is 849. The largest absolute Gasteiger partial charge is 0.496 e. The number of anilines is 1. The third-order valence-corrected chi connectivity index (χ3v) is 4.88. The normalized spacial score (nSPS) is 14.5. The lowest BCUT2D eigenvalue weighted by atomic mass is 10.1. The minimum absolute atomic E-state index is 0.410. The number of benzene rings is 1. The first kappa shape index (κ1) is 20.4. The van der Waals surface area contributed by atoms with Gasteiger partial charge in [-0.05, 0) is 29.8 Å². The molecule has 1 aromatic carbocycles.